The molecule has 1 saturated heterocycles. The lowest BCUT2D eigenvalue weighted by molar-refractivity contribution is 0.535. The zero-order chi connectivity index (χ0) is 23.5. The van der Waals surface area contributed by atoms with Crippen molar-refractivity contribution in [3.63, 3.8) is 0 Å². The van der Waals surface area contributed by atoms with Gasteiger partial charge in [-0.05, 0) is 55.0 Å². The Morgan fingerprint density at radius 2 is 1.38 bits per heavy atom. The van der Waals surface area contributed by atoms with Crippen LogP contribution in [0, 0.1) is 6.92 Å². The Morgan fingerprint density at radius 3 is 2.03 bits per heavy atom. The van der Waals surface area contributed by atoms with E-state index >= 15 is 0 Å². The van der Waals surface area contributed by atoms with E-state index in [0.717, 1.165) is 49.4 Å². The van der Waals surface area contributed by atoms with E-state index in [9.17, 15) is 4.21 Å². The van der Waals surface area contributed by atoms with E-state index in [1.54, 1.807) is 0 Å². The number of benzene rings is 3. The summed E-state index contributed by atoms with van der Waals surface area (Å²) in [7, 11) is -1.11. The smallest absolute Gasteiger partial charge is 0.127 e. The quantitative estimate of drug-likeness (QED) is 0.291. The van der Waals surface area contributed by atoms with E-state index < -0.39 is 11.0 Å². The van der Waals surface area contributed by atoms with Crippen molar-refractivity contribution in [1.82, 2.24) is 8.87 Å². The van der Waals surface area contributed by atoms with Crippen molar-refractivity contribution in [1.29, 1.82) is 0 Å². The number of hydrogen-bond donors (Lipinski definition) is 0. The molecular weight excluding hydrogens is 436 g/mol. The lowest BCUT2D eigenvalue weighted by Gasteiger charge is -2.17. The monoisotopic (exact) mass is 468 g/mol. The SMILES string of the molecule is CCn1c(C)c(Cc2ccccc2S(=O)N2CCCC2)c(-c2ccccc2)c1-c1ccccc1. The predicted molar refractivity (Wildman–Crippen MR) is 142 cm³/mol. The first-order chi connectivity index (χ1) is 16.7. The minimum Gasteiger partial charge on any atom is -0.344 e. The van der Waals surface area contributed by atoms with Gasteiger partial charge in [-0.3, -0.25) is 0 Å². The molecule has 2 heterocycles. The maximum absolute atomic E-state index is 13.5. The van der Waals surface area contributed by atoms with Crippen molar-refractivity contribution in [2.45, 2.75) is 44.6 Å². The number of nitrogens with zero attached hydrogens (tertiary/aromatic N) is 2. The van der Waals surface area contributed by atoms with E-state index in [1.807, 2.05) is 6.07 Å². The lowest BCUT2D eigenvalue weighted by Crippen LogP contribution is -2.23. The molecule has 5 rings (SSSR count). The van der Waals surface area contributed by atoms with E-state index in [2.05, 4.69) is 102 Å². The number of hydrogen-bond acceptors (Lipinski definition) is 1. The van der Waals surface area contributed by atoms with Gasteiger partial charge in [-0.25, -0.2) is 8.51 Å². The molecule has 1 aromatic heterocycles. The van der Waals surface area contributed by atoms with Crippen LogP contribution in [-0.2, 0) is 24.0 Å². The van der Waals surface area contributed by atoms with Gasteiger partial charge >= 0.3 is 0 Å². The standard InChI is InChI=1S/C30H32N2OS/c1-3-32-23(2)27(22-26-18-10-11-19-28(26)34(33)31-20-12-13-21-31)29(24-14-6-4-7-15-24)30(32)25-16-8-5-9-17-25/h4-11,14-19H,3,12-13,20-22H2,1-2H3. The normalized spacial score (nSPS) is 15.0. The number of aromatic nitrogens is 1. The summed E-state index contributed by atoms with van der Waals surface area (Å²) in [5, 5.41) is 0. The maximum atomic E-state index is 13.5. The maximum Gasteiger partial charge on any atom is 0.127 e. The van der Waals surface area contributed by atoms with Crippen molar-refractivity contribution in [2.24, 2.45) is 0 Å². The molecule has 4 aromatic rings. The molecule has 0 bridgehead atoms. The Balaban J connectivity index is 1.68. The van der Waals surface area contributed by atoms with Crippen molar-refractivity contribution in [2.75, 3.05) is 13.1 Å². The van der Waals surface area contributed by atoms with Crippen LogP contribution in [0.5, 0.6) is 0 Å². The Kier molecular flexibility index (Phi) is 6.80. The first-order valence-electron chi connectivity index (χ1n) is 12.3. The minimum atomic E-state index is -1.11. The molecular formula is C30H32N2OS. The van der Waals surface area contributed by atoms with E-state index in [1.165, 1.54) is 33.6 Å². The second-order valence-electron chi connectivity index (χ2n) is 8.93. The molecule has 0 aliphatic carbocycles. The highest BCUT2D eigenvalue weighted by Crippen LogP contribution is 2.40. The molecule has 0 N–H and O–H groups in total. The Bertz CT molecular complexity index is 1290. The third kappa shape index (κ3) is 4.28. The molecule has 0 spiro atoms. The third-order valence-electron chi connectivity index (χ3n) is 6.90. The average Bonchev–Trinajstić information content (AvgIpc) is 3.52. The molecule has 1 unspecified atom stereocenters. The van der Waals surface area contributed by atoms with Crippen LogP contribution in [0.15, 0.2) is 89.8 Å². The fourth-order valence-electron chi connectivity index (χ4n) is 5.22. The summed E-state index contributed by atoms with van der Waals surface area (Å²) in [4.78, 5) is 0.952. The number of rotatable bonds is 7. The van der Waals surface area contributed by atoms with Gasteiger partial charge in [-0.15, -0.1) is 0 Å². The largest absolute Gasteiger partial charge is 0.344 e. The van der Waals surface area contributed by atoms with Gasteiger partial charge in [0.2, 0.25) is 0 Å². The second-order valence-corrected chi connectivity index (χ2v) is 10.4. The molecule has 174 valence electrons. The lowest BCUT2D eigenvalue weighted by atomic mass is 9.93. The molecule has 1 atom stereocenters. The molecule has 34 heavy (non-hydrogen) atoms. The summed E-state index contributed by atoms with van der Waals surface area (Å²) >= 11 is 0. The summed E-state index contributed by atoms with van der Waals surface area (Å²) in [6.45, 7) is 7.18. The van der Waals surface area contributed by atoms with Gasteiger partial charge in [-0.2, -0.15) is 0 Å². The predicted octanol–water partition coefficient (Wildman–Crippen LogP) is 6.86. The highest BCUT2D eigenvalue weighted by atomic mass is 32.2. The molecule has 0 amide bonds. The highest BCUT2D eigenvalue weighted by molar-refractivity contribution is 7.82. The van der Waals surface area contributed by atoms with E-state index in [-0.39, 0.29) is 0 Å². The van der Waals surface area contributed by atoms with Crippen molar-refractivity contribution in [3.8, 4) is 22.4 Å². The topological polar surface area (TPSA) is 25.2 Å². The molecule has 1 aliphatic rings. The van der Waals surface area contributed by atoms with Crippen molar-refractivity contribution >= 4 is 11.0 Å². The van der Waals surface area contributed by atoms with Crippen molar-refractivity contribution < 1.29 is 4.21 Å². The van der Waals surface area contributed by atoms with Crippen LogP contribution in [0.1, 0.15) is 36.6 Å². The van der Waals surface area contributed by atoms with Crippen LogP contribution in [0.2, 0.25) is 0 Å². The molecule has 1 fully saturated rings. The van der Waals surface area contributed by atoms with Crippen LogP contribution < -0.4 is 0 Å². The van der Waals surface area contributed by atoms with Gasteiger partial charge in [0.05, 0.1) is 10.6 Å². The summed E-state index contributed by atoms with van der Waals surface area (Å²) in [6.07, 6.45) is 3.02. The van der Waals surface area contributed by atoms with Crippen LogP contribution >= 0.6 is 0 Å². The Hall–Kier alpha value is -2.95. The van der Waals surface area contributed by atoms with E-state index in [0.29, 0.717) is 0 Å². The van der Waals surface area contributed by atoms with Crippen LogP contribution in [0.4, 0.5) is 0 Å². The van der Waals surface area contributed by atoms with Gasteiger partial charge in [-0.1, -0.05) is 78.9 Å². The Morgan fingerprint density at radius 1 is 0.794 bits per heavy atom. The summed E-state index contributed by atoms with van der Waals surface area (Å²) in [5.74, 6) is 0. The fourth-order valence-corrected chi connectivity index (χ4v) is 6.64. The van der Waals surface area contributed by atoms with Gasteiger partial charge in [0.1, 0.15) is 11.0 Å². The summed E-state index contributed by atoms with van der Waals surface area (Å²) in [6, 6.07) is 29.7. The van der Waals surface area contributed by atoms with E-state index in [4.69, 9.17) is 0 Å². The van der Waals surface area contributed by atoms with Crippen LogP contribution in [0.3, 0.4) is 0 Å². The Labute approximate surface area is 205 Å². The van der Waals surface area contributed by atoms with Crippen LogP contribution in [-0.4, -0.2) is 26.2 Å². The minimum absolute atomic E-state index is 0.763. The molecule has 3 nitrogen and oxygen atoms in total. The van der Waals surface area contributed by atoms with Gasteiger partial charge in [0.15, 0.2) is 0 Å². The van der Waals surface area contributed by atoms with Gasteiger partial charge in [0, 0.05) is 37.3 Å². The highest BCUT2D eigenvalue weighted by Gasteiger charge is 2.25. The van der Waals surface area contributed by atoms with Gasteiger partial charge < -0.3 is 4.57 Å². The summed E-state index contributed by atoms with van der Waals surface area (Å²) < 4.78 is 18.0. The fraction of sp³-hybridized carbons (Fsp3) is 0.267. The first-order valence-corrected chi connectivity index (χ1v) is 13.4. The zero-order valence-corrected chi connectivity index (χ0v) is 20.9. The van der Waals surface area contributed by atoms with Crippen LogP contribution in [0.25, 0.3) is 22.4 Å². The average molecular weight is 469 g/mol. The first kappa shape index (κ1) is 22.8. The third-order valence-corrected chi connectivity index (χ3v) is 8.51. The summed E-state index contributed by atoms with van der Waals surface area (Å²) in [5.41, 5.74) is 8.75. The van der Waals surface area contributed by atoms with Gasteiger partial charge in [0.25, 0.3) is 0 Å². The molecule has 3 aromatic carbocycles. The molecule has 4 heteroatoms. The second kappa shape index (κ2) is 10.1. The zero-order valence-electron chi connectivity index (χ0n) is 20.0. The molecule has 0 saturated carbocycles. The molecule has 1 aliphatic heterocycles. The molecule has 0 radical (unpaired) electrons. The van der Waals surface area contributed by atoms with Crippen molar-refractivity contribution in [3.05, 3.63) is 102 Å².